The number of carbonyl (C=O) groups is 1. The minimum atomic E-state index is -0.160. The average molecular weight is 460 g/mol. The van der Waals surface area contributed by atoms with Crippen molar-refractivity contribution in [2.24, 2.45) is 0 Å². The second-order valence-electron chi connectivity index (χ2n) is 7.77. The average Bonchev–Trinajstić information content (AvgIpc) is 2.84. The molecular formula is C28H26ClNO3. The molecule has 0 bridgehead atoms. The lowest BCUT2D eigenvalue weighted by Gasteiger charge is -2.17. The molecule has 0 aliphatic carbocycles. The van der Waals surface area contributed by atoms with Gasteiger partial charge in [0.1, 0.15) is 18.1 Å². The molecule has 1 unspecified atom stereocenters. The normalized spacial score (nSPS) is 11.7. The van der Waals surface area contributed by atoms with Crippen molar-refractivity contribution in [3.05, 3.63) is 107 Å². The Bertz CT molecular complexity index is 1250. The van der Waals surface area contributed by atoms with Crippen molar-refractivity contribution in [3.8, 4) is 11.5 Å². The summed E-state index contributed by atoms with van der Waals surface area (Å²) in [4.78, 5) is 12.9. The van der Waals surface area contributed by atoms with E-state index < -0.39 is 0 Å². The quantitative estimate of drug-likeness (QED) is 0.309. The van der Waals surface area contributed by atoms with Crippen LogP contribution < -0.4 is 14.8 Å². The predicted octanol–water partition coefficient (Wildman–Crippen LogP) is 6.96. The number of fused-ring (bicyclic) bond motifs is 1. The maximum absolute atomic E-state index is 12.9. The van der Waals surface area contributed by atoms with Crippen LogP contribution in [-0.2, 0) is 6.61 Å². The summed E-state index contributed by atoms with van der Waals surface area (Å²) in [6.07, 6.45) is 0. The highest BCUT2D eigenvalue weighted by atomic mass is 35.5. The molecule has 0 aliphatic rings. The van der Waals surface area contributed by atoms with Gasteiger partial charge in [0.25, 0.3) is 5.91 Å². The van der Waals surface area contributed by atoms with E-state index in [1.54, 1.807) is 6.07 Å². The molecule has 0 radical (unpaired) electrons. The summed E-state index contributed by atoms with van der Waals surface area (Å²) < 4.78 is 11.9. The third-order valence-electron chi connectivity index (χ3n) is 5.47. The second-order valence-corrected chi connectivity index (χ2v) is 8.20. The fourth-order valence-electron chi connectivity index (χ4n) is 3.72. The zero-order chi connectivity index (χ0) is 23.2. The number of hydrogen-bond donors (Lipinski definition) is 1. The smallest absolute Gasteiger partial charge is 0.251 e. The van der Waals surface area contributed by atoms with Crippen LogP contribution in [0, 0.1) is 0 Å². The standard InChI is InChI=1S/C28H26ClNO3/c1-3-32-26-16-13-22(28(31)30-19(2)20-11-14-24(29)15-12-20)17-23(26)18-33-27-10-6-8-21-7-4-5-9-25(21)27/h4-17,19H,3,18H2,1-2H3,(H,30,31). The predicted molar refractivity (Wildman–Crippen MR) is 133 cm³/mol. The molecule has 0 saturated carbocycles. The number of benzene rings is 4. The van der Waals surface area contributed by atoms with Crippen molar-refractivity contribution < 1.29 is 14.3 Å². The van der Waals surface area contributed by atoms with Crippen molar-refractivity contribution in [3.63, 3.8) is 0 Å². The molecule has 1 N–H and O–H groups in total. The number of halogens is 1. The van der Waals surface area contributed by atoms with Gasteiger partial charge in [0, 0.05) is 21.5 Å². The first-order valence-electron chi connectivity index (χ1n) is 11.0. The van der Waals surface area contributed by atoms with E-state index in [0.717, 1.165) is 27.6 Å². The molecule has 0 fully saturated rings. The summed E-state index contributed by atoms with van der Waals surface area (Å²) >= 11 is 5.97. The molecule has 1 atom stereocenters. The number of amides is 1. The van der Waals surface area contributed by atoms with Gasteiger partial charge in [-0.15, -0.1) is 0 Å². The second kappa shape index (κ2) is 10.4. The highest BCUT2D eigenvalue weighted by molar-refractivity contribution is 6.30. The van der Waals surface area contributed by atoms with Gasteiger partial charge < -0.3 is 14.8 Å². The summed E-state index contributed by atoms with van der Waals surface area (Å²) in [5.74, 6) is 1.34. The highest BCUT2D eigenvalue weighted by Gasteiger charge is 2.15. The summed E-state index contributed by atoms with van der Waals surface area (Å²) in [5, 5.41) is 5.87. The molecular weight excluding hydrogens is 434 g/mol. The molecule has 0 aliphatic heterocycles. The fraction of sp³-hybridized carbons (Fsp3) is 0.179. The zero-order valence-corrected chi connectivity index (χ0v) is 19.4. The van der Waals surface area contributed by atoms with E-state index in [1.165, 1.54) is 0 Å². The summed E-state index contributed by atoms with van der Waals surface area (Å²) in [7, 11) is 0. The van der Waals surface area contributed by atoms with Crippen molar-refractivity contribution in [1.29, 1.82) is 0 Å². The minimum absolute atomic E-state index is 0.156. The van der Waals surface area contributed by atoms with Crippen LogP contribution in [0.3, 0.4) is 0 Å². The highest BCUT2D eigenvalue weighted by Crippen LogP contribution is 2.28. The molecule has 4 aromatic rings. The molecule has 4 aromatic carbocycles. The van der Waals surface area contributed by atoms with Crippen LogP contribution in [0.25, 0.3) is 10.8 Å². The van der Waals surface area contributed by atoms with Crippen LogP contribution in [0.1, 0.15) is 41.4 Å². The number of hydrogen-bond acceptors (Lipinski definition) is 3. The van der Waals surface area contributed by atoms with Crippen LogP contribution in [0.2, 0.25) is 5.02 Å². The number of ether oxygens (including phenoxy) is 2. The number of carbonyl (C=O) groups excluding carboxylic acids is 1. The van der Waals surface area contributed by atoms with Crippen molar-refractivity contribution in [2.45, 2.75) is 26.5 Å². The maximum Gasteiger partial charge on any atom is 0.251 e. The van der Waals surface area contributed by atoms with Gasteiger partial charge in [0.05, 0.1) is 12.6 Å². The summed E-state index contributed by atoms with van der Waals surface area (Å²) in [6.45, 7) is 4.70. The first-order valence-corrected chi connectivity index (χ1v) is 11.4. The van der Waals surface area contributed by atoms with E-state index in [-0.39, 0.29) is 18.6 Å². The van der Waals surface area contributed by atoms with Gasteiger partial charge in [-0.3, -0.25) is 4.79 Å². The lowest BCUT2D eigenvalue weighted by molar-refractivity contribution is 0.0939. The molecule has 0 heterocycles. The van der Waals surface area contributed by atoms with Crippen LogP contribution in [0.5, 0.6) is 11.5 Å². The van der Waals surface area contributed by atoms with E-state index in [4.69, 9.17) is 21.1 Å². The van der Waals surface area contributed by atoms with Crippen LogP contribution >= 0.6 is 11.6 Å². The Kier molecular flexibility index (Phi) is 7.16. The minimum Gasteiger partial charge on any atom is -0.493 e. The molecule has 1 amide bonds. The summed E-state index contributed by atoms with van der Waals surface area (Å²) in [6, 6.07) is 26.8. The van der Waals surface area contributed by atoms with Gasteiger partial charge in [-0.1, -0.05) is 60.1 Å². The topological polar surface area (TPSA) is 47.6 Å². The van der Waals surface area contributed by atoms with Crippen molar-refractivity contribution in [1.82, 2.24) is 5.32 Å². The Balaban J connectivity index is 1.53. The molecule has 168 valence electrons. The van der Waals surface area contributed by atoms with Crippen LogP contribution in [0.15, 0.2) is 84.9 Å². The van der Waals surface area contributed by atoms with Gasteiger partial charge in [0.2, 0.25) is 0 Å². The van der Waals surface area contributed by atoms with E-state index in [2.05, 4.69) is 17.4 Å². The van der Waals surface area contributed by atoms with E-state index in [0.29, 0.717) is 22.9 Å². The van der Waals surface area contributed by atoms with Gasteiger partial charge >= 0.3 is 0 Å². The molecule has 33 heavy (non-hydrogen) atoms. The lowest BCUT2D eigenvalue weighted by Crippen LogP contribution is -2.26. The molecule has 4 nitrogen and oxygen atoms in total. The largest absolute Gasteiger partial charge is 0.493 e. The van der Waals surface area contributed by atoms with Crippen LogP contribution in [-0.4, -0.2) is 12.5 Å². The Morgan fingerprint density at radius 3 is 2.45 bits per heavy atom. The van der Waals surface area contributed by atoms with E-state index in [9.17, 15) is 4.79 Å². The zero-order valence-electron chi connectivity index (χ0n) is 18.7. The van der Waals surface area contributed by atoms with Crippen molar-refractivity contribution in [2.75, 3.05) is 6.61 Å². The SMILES string of the molecule is CCOc1ccc(C(=O)NC(C)c2ccc(Cl)cc2)cc1COc1cccc2ccccc12. The van der Waals surface area contributed by atoms with Gasteiger partial charge in [-0.2, -0.15) is 0 Å². The molecule has 0 aromatic heterocycles. The van der Waals surface area contributed by atoms with Crippen molar-refractivity contribution >= 4 is 28.3 Å². The molecule has 0 spiro atoms. The first kappa shape index (κ1) is 22.7. The van der Waals surface area contributed by atoms with Gasteiger partial charge in [-0.05, 0) is 61.2 Å². The molecule has 0 saturated heterocycles. The number of nitrogens with one attached hydrogen (secondary N) is 1. The first-order chi connectivity index (χ1) is 16.0. The monoisotopic (exact) mass is 459 g/mol. The Morgan fingerprint density at radius 1 is 0.909 bits per heavy atom. The fourth-order valence-corrected chi connectivity index (χ4v) is 3.85. The lowest BCUT2D eigenvalue weighted by atomic mass is 10.1. The van der Waals surface area contributed by atoms with Gasteiger partial charge in [-0.25, -0.2) is 0 Å². The van der Waals surface area contributed by atoms with E-state index in [1.807, 2.05) is 80.6 Å². The Hall–Kier alpha value is -3.50. The third-order valence-corrected chi connectivity index (χ3v) is 5.72. The molecule has 5 heteroatoms. The molecule has 4 rings (SSSR count). The van der Waals surface area contributed by atoms with Gasteiger partial charge in [0.15, 0.2) is 0 Å². The summed E-state index contributed by atoms with van der Waals surface area (Å²) in [5.41, 5.74) is 2.35. The van der Waals surface area contributed by atoms with Crippen LogP contribution in [0.4, 0.5) is 0 Å². The number of rotatable bonds is 8. The maximum atomic E-state index is 12.9. The Morgan fingerprint density at radius 2 is 1.67 bits per heavy atom. The third kappa shape index (κ3) is 5.47. The Labute approximate surface area is 199 Å². The van der Waals surface area contributed by atoms with E-state index >= 15 is 0 Å².